The number of hydrogen-bond donors (Lipinski definition) is 3. The van der Waals surface area contributed by atoms with E-state index in [0.29, 0.717) is 31.0 Å². The number of ether oxygens (including phenoxy) is 1. The van der Waals surface area contributed by atoms with Crippen LogP contribution in [-0.2, 0) is 14.8 Å². The molecular formula is C22H37IN4O3S. The Morgan fingerprint density at radius 3 is 2.48 bits per heavy atom. The summed E-state index contributed by atoms with van der Waals surface area (Å²) < 4.78 is 32.7. The summed E-state index contributed by atoms with van der Waals surface area (Å²) in [5, 5.41) is 6.59. The van der Waals surface area contributed by atoms with Crippen LogP contribution in [0.3, 0.4) is 0 Å². The molecular weight excluding hydrogens is 527 g/mol. The minimum atomic E-state index is -3.33. The fourth-order valence-corrected chi connectivity index (χ4v) is 5.20. The average molecular weight is 565 g/mol. The van der Waals surface area contributed by atoms with E-state index in [-0.39, 0.29) is 35.8 Å². The summed E-state index contributed by atoms with van der Waals surface area (Å²) in [4.78, 5) is 4.26. The molecule has 176 valence electrons. The molecule has 9 heteroatoms. The zero-order valence-electron chi connectivity index (χ0n) is 18.4. The van der Waals surface area contributed by atoms with Crippen molar-refractivity contribution < 1.29 is 13.2 Å². The Bertz CT molecular complexity index is 762. The Hall–Kier alpha value is -0.910. The summed E-state index contributed by atoms with van der Waals surface area (Å²) in [6, 6.07) is 11.1. The normalized spacial score (nSPS) is 24.8. The molecule has 1 aromatic carbocycles. The summed E-state index contributed by atoms with van der Waals surface area (Å²) in [6.45, 7) is 1.41. The lowest BCUT2D eigenvalue weighted by atomic mass is 9.82. The second kappa shape index (κ2) is 13.6. The SMILES string of the molecule is CN=C(NCCS(=O)(=O)NCC1CCCCO1)NC1CCC(c2ccccc2)CC1.I. The summed E-state index contributed by atoms with van der Waals surface area (Å²) in [5.74, 6) is 1.31. The highest BCUT2D eigenvalue weighted by atomic mass is 127. The number of hydrogen-bond acceptors (Lipinski definition) is 4. The standard InChI is InChI=1S/C22H36N4O3S.HI/c1-23-22(24-14-16-30(27,28)25-17-21-9-5-6-15-29-21)26-20-12-10-19(11-13-20)18-7-3-2-4-8-18;/h2-4,7-8,19-21,25H,5-6,9-17H2,1H3,(H2,23,24,26);1H. The zero-order chi connectivity index (χ0) is 21.2. The van der Waals surface area contributed by atoms with Gasteiger partial charge in [-0.2, -0.15) is 0 Å². The molecule has 0 radical (unpaired) electrons. The van der Waals surface area contributed by atoms with E-state index in [2.05, 4.69) is 50.7 Å². The monoisotopic (exact) mass is 564 g/mol. The largest absolute Gasteiger partial charge is 0.377 e. The number of rotatable bonds is 8. The molecule has 0 spiro atoms. The first-order valence-electron chi connectivity index (χ1n) is 11.2. The minimum absolute atomic E-state index is 0. The molecule has 1 heterocycles. The van der Waals surface area contributed by atoms with Gasteiger partial charge in [-0.3, -0.25) is 4.99 Å². The second-order valence-corrected chi connectivity index (χ2v) is 10.2. The molecule has 2 aliphatic rings. The minimum Gasteiger partial charge on any atom is -0.377 e. The van der Waals surface area contributed by atoms with Crippen molar-refractivity contribution in [2.45, 2.75) is 63.0 Å². The van der Waals surface area contributed by atoms with E-state index in [9.17, 15) is 8.42 Å². The van der Waals surface area contributed by atoms with Crippen molar-refractivity contribution in [2.75, 3.05) is 32.5 Å². The van der Waals surface area contributed by atoms with E-state index in [1.807, 2.05) is 0 Å². The number of halogens is 1. The van der Waals surface area contributed by atoms with Crippen LogP contribution in [0.2, 0.25) is 0 Å². The van der Waals surface area contributed by atoms with E-state index in [1.54, 1.807) is 7.05 Å². The Labute approximate surface area is 204 Å². The highest BCUT2D eigenvalue weighted by molar-refractivity contribution is 14.0. The summed E-state index contributed by atoms with van der Waals surface area (Å²) in [6.07, 6.45) is 7.56. The predicted octanol–water partition coefficient (Wildman–Crippen LogP) is 2.98. The van der Waals surface area contributed by atoms with Crippen LogP contribution in [0.4, 0.5) is 0 Å². The maximum absolute atomic E-state index is 12.2. The van der Waals surface area contributed by atoms with Crippen LogP contribution in [0.15, 0.2) is 35.3 Å². The van der Waals surface area contributed by atoms with E-state index in [4.69, 9.17) is 4.74 Å². The molecule has 7 nitrogen and oxygen atoms in total. The first-order chi connectivity index (χ1) is 14.6. The molecule has 0 aromatic heterocycles. The topological polar surface area (TPSA) is 91.8 Å². The van der Waals surface area contributed by atoms with Crippen molar-refractivity contribution in [3.05, 3.63) is 35.9 Å². The molecule has 3 rings (SSSR count). The van der Waals surface area contributed by atoms with Crippen molar-refractivity contribution in [1.29, 1.82) is 0 Å². The molecule has 31 heavy (non-hydrogen) atoms. The third kappa shape index (κ3) is 9.23. The third-order valence-corrected chi connectivity index (χ3v) is 7.38. The number of benzene rings is 1. The van der Waals surface area contributed by atoms with Gasteiger partial charge in [-0.05, 0) is 56.4 Å². The highest BCUT2D eigenvalue weighted by Crippen LogP contribution is 2.32. The van der Waals surface area contributed by atoms with Gasteiger partial charge in [-0.15, -0.1) is 24.0 Å². The zero-order valence-corrected chi connectivity index (χ0v) is 21.5. The maximum Gasteiger partial charge on any atom is 0.213 e. The van der Waals surface area contributed by atoms with Crippen LogP contribution in [0, 0.1) is 0 Å². The van der Waals surface area contributed by atoms with E-state index < -0.39 is 10.0 Å². The van der Waals surface area contributed by atoms with Crippen LogP contribution in [0.1, 0.15) is 56.4 Å². The first-order valence-corrected chi connectivity index (χ1v) is 12.8. The highest BCUT2D eigenvalue weighted by Gasteiger charge is 2.23. The van der Waals surface area contributed by atoms with Crippen molar-refractivity contribution in [1.82, 2.24) is 15.4 Å². The van der Waals surface area contributed by atoms with Gasteiger partial charge in [0.25, 0.3) is 0 Å². The summed E-state index contributed by atoms with van der Waals surface area (Å²) in [5.41, 5.74) is 1.43. The summed E-state index contributed by atoms with van der Waals surface area (Å²) >= 11 is 0. The van der Waals surface area contributed by atoms with Crippen LogP contribution < -0.4 is 15.4 Å². The van der Waals surface area contributed by atoms with Gasteiger partial charge >= 0.3 is 0 Å². The molecule has 1 aliphatic carbocycles. The molecule has 1 unspecified atom stereocenters. The molecule has 1 atom stereocenters. The lowest BCUT2D eigenvalue weighted by Crippen LogP contribution is -2.46. The predicted molar refractivity (Wildman–Crippen MR) is 137 cm³/mol. The van der Waals surface area contributed by atoms with Gasteiger partial charge in [0.15, 0.2) is 5.96 Å². The van der Waals surface area contributed by atoms with Crippen LogP contribution in [-0.4, -0.2) is 59.0 Å². The lowest BCUT2D eigenvalue weighted by Gasteiger charge is -2.30. The van der Waals surface area contributed by atoms with Crippen molar-refractivity contribution in [3.63, 3.8) is 0 Å². The smallest absolute Gasteiger partial charge is 0.213 e. The average Bonchev–Trinajstić information content (AvgIpc) is 2.79. The lowest BCUT2D eigenvalue weighted by molar-refractivity contribution is 0.0200. The number of nitrogens with one attached hydrogen (secondary N) is 3. The van der Waals surface area contributed by atoms with Gasteiger partial charge in [-0.25, -0.2) is 13.1 Å². The van der Waals surface area contributed by atoms with Crippen molar-refractivity contribution in [2.24, 2.45) is 4.99 Å². The van der Waals surface area contributed by atoms with E-state index in [1.165, 1.54) is 5.56 Å². The number of guanidine groups is 1. The van der Waals surface area contributed by atoms with Crippen LogP contribution >= 0.6 is 24.0 Å². The van der Waals surface area contributed by atoms with Gasteiger partial charge < -0.3 is 15.4 Å². The van der Waals surface area contributed by atoms with Gasteiger partial charge in [0.1, 0.15) is 0 Å². The number of nitrogens with zero attached hydrogens (tertiary/aromatic N) is 1. The Balaban J connectivity index is 0.00000341. The van der Waals surface area contributed by atoms with Crippen molar-refractivity contribution >= 4 is 40.0 Å². The molecule has 1 saturated carbocycles. The fraction of sp³-hybridized carbons (Fsp3) is 0.682. The maximum atomic E-state index is 12.2. The molecule has 0 bridgehead atoms. The molecule has 1 aromatic rings. The molecule has 0 amide bonds. The summed E-state index contributed by atoms with van der Waals surface area (Å²) in [7, 11) is -1.61. The quantitative estimate of drug-likeness (QED) is 0.257. The van der Waals surface area contributed by atoms with E-state index in [0.717, 1.165) is 51.6 Å². The third-order valence-electron chi connectivity index (χ3n) is 6.03. The molecule has 1 saturated heterocycles. The van der Waals surface area contributed by atoms with Crippen molar-refractivity contribution in [3.8, 4) is 0 Å². The van der Waals surface area contributed by atoms with Gasteiger partial charge in [0.2, 0.25) is 10.0 Å². The Kier molecular flexibility index (Phi) is 11.6. The Morgan fingerprint density at radius 2 is 1.84 bits per heavy atom. The Morgan fingerprint density at radius 1 is 1.10 bits per heavy atom. The number of sulfonamides is 1. The molecule has 1 aliphatic heterocycles. The first kappa shape index (κ1) is 26.3. The molecule has 2 fully saturated rings. The van der Waals surface area contributed by atoms with Gasteiger partial charge in [0, 0.05) is 32.8 Å². The van der Waals surface area contributed by atoms with Gasteiger partial charge in [-0.1, -0.05) is 30.3 Å². The van der Waals surface area contributed by atoms with Crippen LogP contribution in [0.5, 0.6) is 0 Å². The fourth-order valence-electron chi connectivity index (χ4n) is 4.25. The van der Waals surface area contributed by atoms with E-state index >= 15 is 0 Å². The number of aliphatic imine (C=N–C) groups is 1. The molecule has 3 N–H and O–H groups in total. The second-order valence-electron chi connectivity index (χ2n) is 8.26. The van der Waals surface area contributed by atoms with Crippen LogP contribution in [0.25, 0.3) is 0 Å². The van der Waals surface area contributed by atoms with Gasteiger partial charge in [0.05, 0.1) is 11.9 Å².